The summed E-state index contributed by atoms with van der Waals surface area (Å²) in [7, 11) is 0. The Bertz CT molecular complexity index is 407. The van der Waals surface area contributed by atoms with E-state index in [1.165, 1.54) is 5.48 Å². The van der Waals surface area contributed by atoms with E-state index in [4.69, 9.17) is 5.21 Å². The number of amides is 1. The summed E-state index contributed by atoms with van der Waals surface area (Å²) < 4.78 is 13.5. The molecule has 0 aromatic heterocycles. The Labute approximate surface area is 86.1 Å². The van der Waals surface area contributed by atoms with Crippen LogP contribution in [0.2, 0.25) is 0 Å². The van der Waals surface area contributed by atoms with Crippen molar-refractivity contribution in [3.63, 3.8) is 0 Å². The number of halogens is 1. The Morgan fingerprint density at radius 2 is 2.33 bits per heavy atom. The number of rotatable bonds is 1. The van der Waals surface area contributed by atoms with Crippen molar-refractivity contribution in [2.45, 2.75) is 13.0 Å². The third-order valence-electron chi connectivity index (χ3n) is 2.52. The number of fused-ring (bicyclic) bond motifs is 1. The summed E-state index contributed by atoms with van der Waals surface area (Å²) in [6.07, 6.45) is 0.627. The molecule has 5 heteroatoms. The molecule has 0 saturated carbocycles. The second kappa shape index (κ2) is 3.96. The monoisotopic (exact) mass is 210 g/mol. The molecule has 1 aliphatic rings. The van der Waals surface area contributed by atoms with Crippen molar-refractivity contribution in [2.24, 2.45) is 0 Å². The first kappa shape index (κ1) is 10.1. The Kier molecular flexibility index (Phi) is 2.66. The first-order chi connectivity index (χ1) is 7.22. The molecule has 1 heterocycles. The molecule has 0 bridgehead atoms. The fourth-order valence-electron chi connectivity index (χ4n) is 1.76. The fourth-order valence-corrected chi connectivity index (χ4v) is 1.76. The molecular formula is C10H11FN2O2. The summed E-state index contributed by atoms with van der Waals surface area (Å²) in [4.78, 5) is 11.1. The lowest BCUT2D eigenvalue weighted by Crippen LogP contribution is -2.26. The molecule has 15 heavy (non-hydrogen) atoms. The van der Waals surface area contributed by atoms with Crippen molar-refractivity contribution in [1.29, 1.82) is 0 Å². The summed E-state index contributed by atoms with van der Waals surface area (Å²) in [5, 5.41) is 11.5. The largest absolute Gasteiger partial charge is 0.312 e. The van der Waals surface area contributed by atoms with Gasteiger partial charge in [-0.25, -0.2) is 9.87 Å². The Hall–Kier alpha value is -1.46. The Balaban J connectivity index is 2.45. The fraction of sp³-hybridized carbons (Fsp3) is 0.300. The van der Waals surface area contributed by atoms with E-state index in [1.807, 2.05) is 0 Å². The summed E-state index contributed by atoms with van der Waals surface area (Å²) >= 11 is 0. The Morgan fingerprint density at radius 1 is 1.53 bits per heavy atom. The van der Waals surface area contributed by atoms with Crippen LogP contribution in [0.25, 0.3) is 0 Å². The zero-order valence-corrected chi connectivity index (χ0v) is 8.01. The number of hydrogen-bond acceptors (Lipinski definition) is 3. The highest BCUT2D eigenvalue weighted by Crippen LogP contribution is 2.19. The van der Waals surface area contributed by atoms with E-state index < -0.39 is 5.91 Å². The van der Waals surface area contributed by atoms with Crippen LogP contribution in [0.3, 0.4) is 0 Å². The van der Waals surface area contributed by atoms with Crippen LogP contribution in [0.4, 0.5) is 4.39 Å². The van der Waals surface area contributed by atoms with E-state index in [9.17, 15) is 9.18 Å². The van der Waals surface area contributed by atoms with Crippen molar-refractivity contribution in [2.75, 3.05) is 6.54 Å². The summed E-state index contributed by atoms with van der Waals surface area (Å²) in [5.74, 6) is -1.07. The minimum absolute atomic E-state index is 0.137. The topological polar surface area (TPSA) is 61.4 Å². The first-order valence-electron chi connectivity index (χ1n) is 4.69. The van der Waals surface area contributed by atoms with Crippen LogP contribution in [0, 0.1) is 5.82 Å². The molecule has 1 aliphatic heterocycles. The number of nitrogens with one attached hydrogen (secondary N) is 2. The van der Waals surface area contributed by atoms with Crippen molar-refractivity contribution in [1.82, 2.24) is 10.8 Å². The quantitative estimate of drug-likeness (QED) is 0.469. The number of benzene rings is 1. The van der Waals surface area contributed by atoms with Gasteiger partial charge in [-0.2, -0.15) is 0 Å². The SMILES string of the molecule is O=C(NO)c1cc(F)c2c(c1)CNCC2. The van der Waals surface area contributed by atoms with Crippen LogP contribution >= 0.6 is 0 Å². The summed E-state index contributed by atoms with van der Waals surface area (Å²) in [6, 6.07) is 2.74. The maximum absolute atomic E-state index is 13.5. The van der Waals surface area contributed by atoms with E-state index in [-0.39, 0.29) is 11.4 Å². The maximum Gasteiger partial charge on any atom is 0.274 e. The lowest BCUT2D eigenvalue weighted by molar-refractivity contribution is 0.0705. The molecule has 0 unspecified atom stereocenters. The van der Waals surface area contributed by atoms with E-state index in [1.54, 1.807) is 6.07 Å². The van der Waals surface area contributed by atoms with Gasteiger partial charge in [0.25, 0.3) is 5.91 Å². The smallest absolute Gasteiger partial charge is 0.274 e. The first-order valence-corrected chi connectivity index (χ1v) is 4.69. The van der Waals surface area contributed by atoms with Crippen molar-refractivity contribution >= 4 is 5.91 Å². The minimum Gasteiger partial charge on any atom is -0.312 e. The highest BCUT2D eigenvalue weighted by Gasteiger charge is 2.16. The van der Waals surface area contributed by atoms with E-state index >= 15 is 0 Å². The van der Waals surface area contributed by atoms with Gasteiger partial charge in [0.15, 0.2) is 0 Å². The molecule has 2 rings (SSSR count). The molecule has 0 atom stereocenters. The molecular weight excluding hydrogens is 199 g/mol. The zero-order chi connectivity index (χ0) is 10.8. The van der Waals surface area contributed by atoms with E-state index in [0.717, 1.165) is 18.2 Å². The van der Waals surface area contributed by atoms with Crippen LogP contribution in [-0.4, -0.2) is 17.7 Å². The summed E-state index contributed by atoms with van der Waals surface area (Å²) in [5.41, 5.74) is 3.06. The minimum atomic E-state index is -0.692. The van der Waals surface area contributed by atoms with Gasteiger partial charge in [0.2, 0.25) is 0 Å². The average Bonchev–Trinajstić information content (AvgIpc) is 2.28. The van der Waals surface area contributed by atoms with Crippen LogP contribution in [0.1, 0.15) is 21.5 Å². The molecule has 80 valence electrons. The molecule has 0 aliphatic carbocycles. The van der Waals surface area contributed by atoms with Gasteiger partial charge in [-0.3, -0.25) is 10.0 Å². The molecule has 0 radical (unpaired) electrons. The van der Waals surface area contributed by atoms with Crippen LogP contribution in [0.15, 0.2) is 12.1 Å². The average molecular weight is 210 g/mol. The lowest BCUT2D eigenvalue weighted by Gasteiger charge is -2.18. The standard InChI is InChI=1S/C10H11FN2O2/c11-9-4-6(10(14)13-15)3-7-5-12-2-1-8(7)9/h3-4,12,15H,1-2,5H2,(H,13,14). The highest BCUT2D eigenvalue weighted by molar-refractivity contribution is 5.93. The molecule has 1 aromatic rings. The van der Waals surface area contributed by atoms with Gasteiger partial charge in [-0.05, 0) is 36.2 Å². The van der Waals surface area contributed by atoms with Crippen LogP contribution < -0.4 is 10.8 Å². The van der Waals surface area contributed by atoms with Gasteiger partial charge >= 0.3 is 0 Å². The second-order valence-electron chi connectivity index (χ2n) is 3.46. The third-order valence-corrected chi connectivity index (χ3v) is 2.52. The summed E-state index contributed by atoms with van der Waals surface area (Å²) in [6.45, 7) is 1.30. The molecule has 0 saturated heterocycles. The zero-order valence-electron chi connectivity index (χ0n) is 8.01. The van der Waals surface area contributed by atoms with E-state index in [0.29, 0.717) is 18.5 Å². The molecule has 0 fully saturated rings. The Morgan fingerprint density at radius 3 is 3.07 bits per heavy atom. The normalized spacial score (nSPS) is 14.5. The van der Waals surface area contributed by atoms with Gasteiger partial charge in [0, 0.05) is 12.1 Å². The van der Waals surface area contributed by atoms with Gasteiger partial charge in [-0.1, -0.05) is 0 Å². The van der Waals surface area contributed by atoms with Crippen molar-refractivity contribution < 1.29 is 14.4 Å². The molecule has 0 spiro atoms. The van der Waals surface area contributed by atoms with E-state index in [2.05, 4.69) is 5.32 Å². The van der Waals surface area contributed by atoms with Crippen molar-refractivity contribution in [3.8, 4) is 0 Å². The number of carbonyl (C=O) groups excluding carboxylic acids is 1. The number of carbonyl (C=O) groups is 1. The molecule has 3 N–H and O–H groups in total. The van der Waals surface area contributed by atoms with Gasteiger partial charge in [0.05, 0.1) is 0 Å². The van der Waals surface area contributed by atoms with Gasteiger partial charge < -0.3 is 5.32 Å². The third kappa shape index (κ3) is 1.84. The predicted octanol–water partition coefficient (Wildman–Crippen LogP) is 0.590. The molecule has 1 amide bonds. The van der Waals surface area contributed by atoms with Crippen molar-refractivity contribution in [3.05, 3.63) is 34.6 Å². The number of hydrogen-bond donors (Lipinski definition) is 3. The van der Waals surface area contributed by atoms with Crippen LogP contribution in [-0.2, 0) is 13.0 Å². The van der Waals surface area contributed by atoms with Gasteiger partial charge in [0.1, 0.15) is 5.82 Å². The molecule has 4 nitrogen and oxygen atoms in total. The number of hydroxylamine groups is 1. The van der Waals surface area contributed by atoms with Crippen LogP contribution in [0.5, 0.6) is 0 Å². The lowest BCUT2D eigenvalue weighted by atomic mass is 9.97. The second-order valence-corrected chi connectivity index (χ2v) is 3.46. The van der Waals surface area contributed by atoms with Gasteiger partial charge in [-0.15, -0.1) is 0 Å². The molecule has 1 aromatic carbocycles. The predicted molar refractivity (Wildman–Crippen MR) is 51.1 cm³/mol. The highest BCUT2D eigenvalue weighted by atomic mass is 19.1. The maximum atomic E-state index is 13.5.